The summed E-state index contributed by atoms with van der Waals surface area (Å²) >= 11 is 0. The SMILES string of the molecule is NN.O=Cc1ccc(-c2ccccn2)cc1. The summed E-state index contributed by atoms with van der Waals surface area (Å²) in [6.07, 6.45) is 2.59. The third kappa shape index (κ3) is 2.98. The number of aldehydes is 1. The minimum Gasteiger partial charge on any atom is -0.298 e. The Kier molecular flexibility index (Phi) is 4.85. The number of hydrazine groups is 1. The van der Waals surface area contributed by atoms with Gasteiger partial charge in [-0.05, 0) is 12.1 Å². The van der Waals surface area contributed by atoms with Gasteiger partial charge in [0.05, 0.1) is 5.69 Å². The zero-order chi connectivity index (χ0) is 11.8. The summed E-state index contributed by atoms with van der Waals surface area (Å²) in [4.78, 5) is 14.7. The van der Waals surface area contributed by atoms with Gasteiger partial charge in [-0.15, -0.1) is 0 Å². The average Bonchev–Trinajstić information content (AvgIpc) is 2.42. The fourth-order valence-corrected chi connectivity index (χ4v) is 1.27. The van der Waals surface area contributed by atoms with E-state index in [0.29, 0.717) is 5.56 Å². The van der Waals surface area contributed by atoms with Crippen molar-refractivity contribution in [2.24, 2.45) is 11.7 Å². The molecule has 1 aromatic heterocycles. The molecule has 0 amide bonds. The smallest absolute Gasteiger partial charge is 0.150 e. The van der Waals surface area contributed by atoms with E-state index in [-0.39, 0.29) is 0 Å². The number of pyridine rings is 1. The third-order valence-electron chi connectivity index (χ3n) is 2.01. The molecule has 0 aliphatic rings. The predicted molar refractivity (Wildman–Crippen MR) is 63.4 cm³/mol. The van der Waals surface area contributed by atoms with Crippen molar-refractivity contribution in [2.75, 3.05) is 0 Å². The van der Waals surface area contributed by atoms with E-state index >= 15 is 0 Å². The molecule has 2 rings (SSSR count). The van der Waals surface area contributed by atoms with Gasteiger partial charge in [-0.1, -0.05) is 30.3 Å². The lowest BCUT2D eigenvalue weighted by Gasteiger charge is -1.99. The van der Waals surface area contributed by atoms with Crippen molar-refractivity contribution < 1.29 is 4.79 Å². The number of nitrogens with two attached hydrogens (primary N) is 2. The summed E-state index contributed by atoms with van der Waals surface area (Å²) in [7, 11) is 0. The van der Waals surface area contributed by atoms with Crippen LogP contribution in [0.1, 0.15) is 10.4 Å². The second kappa shape index (κ2) is 6.44. The molecule has 4 heteroatoms. The number of aromatic nitrogens is 1. The Bertz CT molecular complexity index is 426. The van der Waals surface area contributed by atoms with Crippen LogP contribution in [0.15, 0.2) is 48.7 Å². The maximum atomic E-state index is 10.4. The molecule has 0 saturated heterocycles. The van der Waals surface area contributed by atoms with Crippen LogP contribution >= 0.6 is 0 Å². The van der Waals surface area contributed by atoms with Crippen LogP contribution in [0.3, 0.4) is 0 Å². The molecule has 0 aliphatic heterocycles. The maximum Gasteiger partial charge on any atom is 0.150 e. The highest BCUT2D eigenvalue weighted by atomic mass is 16.1. The Hall–Kier alpha value is -2.04. The van der Waals surface area contributed by atoms with Gasteiger partial charge in [0.1, 0.15) is 6.29 Å². The van der Waals surface area contributed by atoms with Crippen LogP contribution in [0, 0.1) is 0 Å². The van der Waals surface area contributed by atoms with Gasteiger partial charge in [-0.2, -0.15) is 0 Å². The van der Waals surface area contributed by atoms with Gasteiger partial charge < -0.3 is 0 Å². The van der Waals surface area contributed by atoms with Gasteiger partial charge in [0.15, 0.2) is 0 Å². The molecule has 4 nitrogen and oxygen atoms in total. The lowest BCUT2D eigenvalue weighted by Crippen LogP contribution is -2.02. The van der Waals surface area contributed by atoms with Crippen molar-refractivity contribution in [1.29, 1.82) is 0 Å². The molecular formula is C12H13N3O. The summed E-state index contributed by atoms with van der Waals surface area (Å²) < 4.78 is 0. The van der Waals surface area contributed by atoms with E-state index in [2.05, 4.69) is 16.7 Å². The summed E-state index contributed by atoms with van der Waals surface area (Å²) in [5, 5.41) is 0. The molecule has 0 unspecified atom stereocenters. The first-order valence-electron chi connectivity index (χ1n) is 4.70. The van der Waals surface area contributed by atoms with Crippen LogP contribution in [0.4, 0.5) is 0 Å². The van der Waals surface area contributed by atoms with Gasteiger partial charge in [0, 0.05) is 17.3 Å². The summed E-state index contributed by atoms with van der Waals surface area (Å²) in [6.45, 7) is 0. The Morgan fingerprint density at radius 2 is 1.69 bits per heavy atom. The summed E-state index contributed by atoms with van der Waals surface area (Å²) in [5.74, 6) is 8.00. The first kappa shape index (κ1) is 12.0. The largest absolute Gasteiger partial charge is 0.298 e. The minimum absolute atomic E-state index is 0.685. The third-order valence-corrected chi connectivity index (χ3v) is 2.01. The van der Waals surface area contributed by atoms with Crippen LogP contribution in [-0.2, 0) is 0 Å². The molecule has 0 aliphatic carbocycles. The quantitative estimate of drug-likeness (QED) is 0.450. The highest BCUT2D eigenvalue weighted by Crippen LogP contribution is 2.15. The molecule has 0 saturated carbocycles. The molecule has 0 atom stereocenters. The molecule has 2 aromatic rings. The summed E-state index contributed by atoms with van der Waals surface area (Å²) in [6, 6.07) is 13.1. The molecule has 1 aromatic carbocycles. The standard InChI is InChI=1S/C12H9NO.H4N2/c14-9-10-4-6-11(7-5-10)12-3-1-2-8-13-12;1-2/h1-9H;1-2H2. The van der Waals surface area contributed by atoms with E-state index in [1.165, 1.54) is 0 Å². The van der Waals surface area contributed by atoms with Crippen molar-refractivity contribution in [3.8, 4) is 11.3 Å². The van der Waals surface area contributed by atoms with Gasteiger partial charge in [0.25, 0.3) is 0 Å². The molecule has 0 radical (unpaired) electrons. The number of rotatable bonds is 2. The molecule has 82 valence electrons. The van der Waals surface area contributed by atoms with E-state index < -0.39 is 0 Å². The topological polar surface area (TPSA) is 82.0 Å². The van der Waals surface area contributed by atoms with E-state index in [1.54, 1.807) is 18.3 Å². The molecule has 16 heavy (non-hydrogen) atoms. The van der Waals surface area contributed by atoms with E-state index in [1.807, 2.05) is 30.3 Å². The fourth-order valence-electron chi connectivity index (χ4n) is 1.27. The van der Waals surface area contributed by atoms with Crippen molar-refractivity contribution in [2.45, 2.75) is 0 Å². The van der Waals surface area contributed by atoms with Crippen molar-refractivity contribution in [3.63, 3.8) is 0 Å². The van der Waals surface area contributed by atoms with Crippen molar-refractivity contribution in [1.82, 2.24) is 4.98 Å². The second-order valence-corrected chi connectivity index (χ2v) is 2.95. The van der Waals surface area contributed by atoms with E-state index in [0.717, 1.165) is 17.5 Å². The molecule has 0 fully saturated rings. The van der Waals surface area contributed by atoms with Crippen molar-refractivity contribution in [3.05, 3.63) is 54.2 Å². The molecule has 1 heterocycles. The van der Waals surface area contributed by atoms with Gasteiger partial charge in [-0.25, -0.2) is 0 Å². The minimum atomic E-state index is 0.685. The number of carbonyl (C=O) groups excluding carboxylic acids is 1. The van der Waals surface area contributed by atoms with Crippen LogP contribution < -0.4 is 11.7 Å². The number of nitrogens with zero attached hydrogens (tertiary/aromatic N) is 1. The highest BCUT2D eigenvalue weighted by Gasteiger charge is 1.96. The zero-order valence-corrected chi connectivity index (χ0v) is 8.71. The molecule has 4 N–H and O–H groups in total. The Morgan fingerprint density at radius 1 is 1.00 bits per heavy atom. The predicted octanol–water partition coefficient (Wildman–Crippen LogP) is 1.38. The Morgan fingerprint density at radius 3 is 2.19 bits per heavy atom. The van der Waals surface area contributed by atoms with Gasteiger partial charge >= 0.3 is 0 Å². The lowest BCUT2D eigenvalue weighted by atomic mass is 10.1. The molecule has 0 spiro atoms. The Balaban J connectivity index is 0.000000606. The van der Waals surface area contributed by atoms with Crippen molar-refractivity contribution >= 4 is 6.29 Å². The average molecular weight is 215 g/mol. The first-order valence-corrected chi connectivity index (χ1v) is 4.70. The van der Waals surface area contributed by atoms with Gasteiger partial charge in [0.2, 0.25) is 0 Å². The number of benzene rings is 1. The molecular weight excluding hydrogens is 202 g/mol. The summed E-state index contributed by atoms with van der Waals surface area (Å²) in [5.41, 5.74) is 2.63. The van der Waals surface area contributed by atoms with Crippen LogP contribution in [-0.4, -0.2) is 11.3 Å². The number of carbonyl (C=O) groups is 1. The fraction of sp³-hybridized carbons (Fsp3) is 0. The normalized spacial score (nSPS) is 8.88. The monoisotopic (exact) mass is 215 g/mol. The Labute approximate surface area is 93.9 Å². The molecule has 0 bridgehead atoms. The van der Waals surface area contributed by atoms with Crippen LogP contribution in [0.5, 0.6) is 0 Å². The maximum absolute atomic E-state index is 10.4. The zero-order valence-electron chi connectivity index (χ0n) is 8.71. The van der Waals surface area contributed by atoms with E-state index in [4.69, 9.17) is 0 Å². The van der Waals surface area contributed by atoms with Crippen LogP contribution in [0.2, 0.25) is 0 Å². The van der Waals surface area contributed by atoms with E-state index in [9.17, 15) is 4.79 Å². The number of hydrogen-bond donors (Lipinski definition) is 2. The second-order valence-electron chi connectivity index (χ2n) is 2.95. The lowest BCUT2D eigenvalue weighted by molar-refractivity contribution is 0.112. The first-order chi connectivity index (χ1) is 7.90. The number of hydrogen-bond acceptors (Lipinski definition) is 4. The van der Waals surface area contributed by atoms with Gasteiger partial charge in [-0.3, -0.25) is 21.5 Å². The highest BCUT2D eigenvalue weighted by molar-refractivity contribution is 5.76. The van der Waals surface area contributed by atoms with Crippen LogP contribution in [0.25, 0.3) is 11.3 Å².